The summed E-state index contributed by atoms with van der Waals surface area (Å²) in [5, 5.41) is 6.66. The van der Waals surface area contributed by atoms with Gasteiger partial charge in [-0.05, 0) is 50.3 Å². The quantitative estimate of drug-likeness (QED) is 0.579. The maximum absolute atomic E-state index is 13.2. The SMILES string of the molecule is CN=C(NCc1ccc(C)cc1OC)NCC(c1ccc(F)cc1)N(C)C. The first-order valence-corrected chi connectivity index (χ1v) is 8.94. The third-order valence-electron chi connectivity index (χ3n) is 4.45. The number of hydrogen-bond donors (Lipinski definition) is 2. The molecule has 6 heteroatoms. The highest BCUT2D eigenvalue weighted by atomic mass is 19.1. The van der Waals surface area contributed by atoms with Crippen LogP contribution in [0.1, 0.15) is 22.7 Å². The van der Waals surface area contributed by atoms with Crippen LogP contribution in [0, 0.1) is 12.7 Å². The summed E-state index contributed by atoms with van der Waals surface area (Å²) in [5.74, 6) is 1.33. The van der Waals surface area contributed by atoms with Gasteiger partial charge in [0.25, 0.3) is 0 Å². The van der Waals surface area contributed by atoms with Gasteiger partial charge in [0.15, 0.2) is 5.96 Å². The summed E-state index contributed by atoms with van der Waals surface area (Å²) < 4.78 is 18.7. The van der Waals surface area contributed by atoms with Crippen LogP contribution in [0.4, 0.5) is 4.39 Å². The number of benzene rings is 2. The van der Waals surface area contributed by atoms with E-state index in [-0.39, 0.29) is 11.9 Å². The Kier molecular flexibility index (Phi) is 7.61. The van der Waals surface area contributed by atoms with Crippen molar-refractivity contribution in [3.05, 3.63) is 65.0 Å². The molecule has 2 aromatic rings. The van der Waals surface area contributed by atoms with Crippen LogP contribution in [-0.2, 0) is 6.54 Å². The van der Waals surface area contributed by atoms with Crippen LogP contribution in [0.25, 0.3) is 0 Å². The number of hydrogen-bond acceptors (Lipinski definition) is 3. The smallest absolute Gasteiger partial charge is 0.191 e. The van der Waals surface area contributed by atoms with Crippen LogP contribution in [0.15, 0.2) is 47.5 Å². The molecule has 0 saturated carbocycles. The van der Waals surface area contributed by atoms with E-state index in [2.05, 4.69) is 32.7 Å². The number of rotatable bonds is 7. The molecule has 5 nitrogen and oxygen atoms in total. The van der Waals surface area contributed by atoms with Gasteiger partial charge in [0, 0.05) is 25.7 Å². The molecule has 2 N–H and O–H groups in total. The van der Waals surface area contributed by atoms with Gasteiger partial charge in [-0.3, -0.25) is 4.99 Å². The monoisotopic (exact) mass is 372 g/mol. The molecule has 1 atom stereocenters. The van der Waals surface area contributed by atoms with Gasteiger partial charge in [-0.15, -0.1) is 0 Å². The molecule has 0 aliphatic carbocycles. The zero-order chi connectivity index (χ0) is 19.8. The van der Waals surface area contributed by atoms with Crippen molar-refractivity contribution in [3.8, 4) is 5.75 Å². The zero-order valence-corrected chi connectivity index (χ0v) is 16.7. The molecular weight excluding hydrogens is 343 g/mol. The van der Waals surface area contributed by atoms with E-state index in [1.54, 1.807) is 14.2 Å². The summed E-state index contributed by atoms with van der Waals surface area (Å²) in [7, 11) is 7.42. The number of guanidine groups is 1. The van der Waals surface area contributed by atoms with E-state index in [1.165, 1.54) is 12.1 Å². The van der Waals surface area contributed by atoms with Gasteiger partial charge < -0.3 is 20.3 Å². The van der Waals surface area contributed by atoms with Gasteiger partial charge in [-0.2, -0.15) is 0 Å². The second kappa shape index (κ2) is 9.92. The van der Waals surface area contributed by atoms with Gasteiger partial charge in [0.1, 0.15) is 11.6 Å². The fourth-order valence-electron chi connectivity index (χ4n) is 2.87. The Morgan fingerprint density at radius 3 is 2.44 bits per heavy atom. The Hall–Kier alpha value is -2.60. The second-order valence-electron chi connectivity index (χ2n) is 6.65. The number of nitrogens with zero attached hydrogens (tertiary/aromatic N) is 2. The fraction of sp³-hybridized carbons (Fsp3) is 0.381. The van der Waals surface area contributed by atoms with Crippen molar-refractivity contribution in [3.63, 3.8) is 0 Å². The molecule has 0 radical (unpaired) electrons. The lowest BCUT2D eigenvalue weighted by atomic mass is 10.1. The van der Waals surface area contributed by atoms with Gasteiger partial charge >= 0.3 is 0 Å². The van der Waals surface area contributed by atoms with Crippen LogP contribution in [0.3, 0.4) is 0 Å². The highest BCUT2D eigenvalue weighted by Gasteiger charge is 2.15. The predicted molar refractivity (Wildman–Crippen MR) is 109 cm³/mol. The third kappa shape index (κ3) is 5.96. The summed E-state index contributed by atoms with van der Waals surface area (Å²) in [4.78, 5) is 6.38. The fourth-order valence-corrected chi connectivity index (χ4v) is 2.87. The van der Waals surface area contributed by atoms with Crippen molar-refractivity contribution < 1.29 is 9.13 Å². The standard InChI is InChI=1S/C21H29FN4O/c1-15-6-7-17(20(12-15)27-5)13-24-21(23-2)25-14-19(26(3)4)16-8-10-18(22)11-9-16/h6-12,19H,13-14H2,1-5H3,(H2,23,24,25). The number of ether oxygens (including phenoxy) is 1. The highest BCUT2D eigenvalue weighted by Crippen LogP contribution is 2.20. The van der Waals surface area contributed by atoms with Crippen molar-refractivity contribution in [2.45, 2.75) is 19.5 Å². The summed E-state index contributed by atoms with van der Waals surface area (Å²) >= 11 is 0. The third-order valence-corrected chi connectivity index (χ3v) is 4.45. The Morgan fingerprint density at radius 1 is 1.15 bits per heavy atom. The van der Waals surface area contributed by atoms with E-state index in [0.717, 1.165) is 22.4 Å². The molecule has 0 saturated heterocycles. The maximum Gasteiger partial charge on any atom is 0.191 e. The Labute approximate surface area is 161 Å². The van der Waals surface area contributed by atoms with Crippen molar-refractivity contribution in [2.24, 2.45) is 4.99 Å². The molecule has 0 bridgehead atoms. The molecule has 146 valence electrons. The number of methoxy groups -OCH3 is 1. The van der Waals surface area contributed by atoms with E-state index < -0.39 is 0 Å². The molecule has 0 aliphatic heterocycles. The topological polar surface area (TPSA) is 48.9 Å². The van der Waals surface area contributed by atoms with Crippen molar-refractivity contribution in [1.29, 1.82) is 0 Å². The maximum atomic E-state index is 13.2. The van der Waals surface area contributed by atoms with Gasteiger partial charge in [0.2, 0.25) is 0 Å². The van der Waals surface area contributed by atoms with Gasteiger partial charge in [-0.25, -0.2) is 4.39 Å². The van der Waals surface area contributed by atoms with Crippen molar-refractivity contribution in [2.75, 3.05) is 34.8 Å². The first-order chi connectivity index (χ1) is 12.9. The molecule has 0 aromatic heterocycles. The molecule has 1 unspecified atom stereocenters. The second-order valence-corrected chi connectivity index (χ2v) is 6.65. The molecular formula is C21H29FN4O. The van der Waals surface area contributed by atoms with E-state index in [0.29, 0.717) is 19.0 Å². The highest BCUT2D eigenvalue weighted by molar-refractivity contribution is 5.79. The number of aryl methyl sites for hydroxylation is 1. The Bertz CT molecular complexity index is 759. The van der Waals surface area contributed by atoms with Crippen LogP contribution < -0.4 is 15.4 Å². The minimum absolute atomic E-state index is 0.0954. The molecule has 0 heterocycles. The zero-order valence-electron chi connectivity index (χ0n) is 16.7. The molecule has 0 aliphatic rings. The number of nitrogens with one attached hydrogen (secondary N) is 2. The lowest BCUT2D eigenvalue weighted by Gasteiger charge is -2.26. The van der Waals surface area contributed by atoms with Gasteiger partial charge in [-0.1, -0.05) is 24.3 Å². The minimum atomic E-state index is -0.228. The molecule has 2 rings (SSSR count). The first-order valence-electron chi connectivity index (χ1n) is 8.94. The predicted octanol–water partition coefficient (Wildman–Crippen LogP) is 3.11. The van der Waals surface area contributed by atoms with Crippen LogP contribution in [0.5, 0.6) is 5.75 Å². The average Bonchev–Trinajstić information content (AvgIpc) is 2.66. The van der Waals surface area contributed by atoms with Crippen LogP contribution in [0.2, 0.25) is 0 Å². The molecule has 0 spiro atoms. The number of likely N-dealkylation sites (N-methyl/N-ethyl adjacent to an activating group) is 1. The lowest BCUT2D eigenvalue weighted by molar-refractivity contribution is 0.298. The Balaban J connectivity index is 1.98. The lowest BCUT2D eigenvalue weighted by Crippen LogP contribution is -2.41. The van der Waals surface area contributed by atoms with Crippen LogP contribution in [-0.4, -0.2) is 45.7 Å². The average molecular weight is 372 g/mol. The van der Waals surface area contributed by atoms with Crippen molar-refractivity contribution in [1.82, 2.24) is 15.5 Å². The largest absolute Gasteiger partial charge is 0.496 e. The molecule has 0 fully saturated rings. The summed E-state index contributed by atoms with van der Waals surface area (Å²) in [6, 6.07) is 12.8. The molecule has 27 heavy (non-hydrogen) atoms. The van der Waals surface area contributed by atoms with Gasteiger partial charge in [0.05, 0.1) is 13.2 Å². The summed E-state index contributed by atoms with van der Waals surface area (Å²) in [5.41, 5.74) is 3.27. The number of halogens is 1. The van der Waals surface area contributed by atoms with Crippen molar-refractivity contribution >= 4 is 5.96 Å². The molecule has 2 aromatic carbocycles. The Morgan fingerprint density at radius 2 is 1.85 bits per heavy atom. The van der Waals surface area contributed by atoms with E-state index in [4.69, 9.17) is 4.74 Å². The number of aliphatic imine (C=N–C) groups is 1. The van der Waals surface area contributed by atoms with E-state index >= 15 is 0 Å². The minimum Gasteiger partial charge on any atom is -0.496 e. The normalized spacial score (nSPS) is 12.8. The summed E-state index contributed by atoms with van der Waals surface area (Å²) in [6.45, 7) is 3.28. The van der Waals surface area contributed by atoms with E-state index in [9.17, 15) is 4.39 Å². The van der Waals surface area contributed by atoms with Crippen LogP contribution >= 0.6 is 0 Å². The van der Waals surface area contributed by atoms with E-state index in [1.807, 2.05) is 39.2 Å². The first kappa shape index (κ1) is 20.7. The summed E-state index contributed by atoms with van der Waals surface area (Å²) in [6.07, 6.45) is 0. The molecule has 0 amide bonds.